The van der Waals surface area contributed by atoms with Crippen LogP contribution in [0, 0.1) is 6.92 Å². The molecule has 0 unspecified atom stereocenters. The van der Waals surface area contributed by atoms with Gasteiger partial charge in [-0.05, 0) is 230 Å². The average Bonchev–Trinajstić information content (AvgIpc) is 1.58. The molecule has 3 amide bonds. The first-order valence-corrected chi connectivity index (χ1v) is 35.5. The highest BCUT2D eigenvalue weighted by Crippen LogP contribution is 2.44. The lowest BCUT2D eigenvalue weighted by atomic mass is 9.93. The molecule has 556 valence electrons. The standard InChI is InChI=1S/C76H95N11O16S/c1-44-22-45-23-51-34-66-62(93-2)30-47(51)28-55-38-70-71(103-42-72(90)85-60(43-104)74(92)87(58(41-89)11-9-15-83-76(80)81)86-59(12-6-7-13-77)73(91)84-57(40-88)10-8-14-82-75(78)79)39-56(55)24-46(45)29-61(44)97-16-17-98-67-35-52-25-49-32-64(95-4)68(100-19-18-99-66)36-53(49)27-50-33-65(96-5)69(101-20-21-102-70)37-54(50)26-48(52)31-63(67)94-3/h22,29-41,57-60,86,104H,6-21,23-28,42-43,77H2,1-5H3,(H,84,91)(H,85,90)(H4,78,79,82)(H4,80,81,83)/t57-,58+,59+,60+/m1/s1. The van der Waals surface area contributed by atoms with Crippen LogP contribution in [0.5, 0.6) is 63.2 Å². The molecule has 104 heavy (non-hydrogen) atoms. The Bertz CT molecular complexity index is 4130. The number of hydrazine groups is 1. The van der Waals surface area contributed by atoms with Crippen LogP contribution in [-0.2, 0) is 62.5 Å². The third-order valence-corrected chi connectivity index (χ3v) is 19.0. The quantitative estimate of drug-likeness (QED) is 0.00727. The fourth-order valence-corrected chi connectivity index (χ4v) is 13.6. The van der Waals surface area contributed by atoms with Gasteiger partial charge >= 0.3 is 0 Å². The van der Waals surface area contributed by atoms with Crippen LogP contribution in [0.1, 0.15) is 117 Å². The number of nitrogens with one attached hydrogen (secondary N) is 3. The summed E-state index contributed by atoms with van der Waals surface area (Å²) in [4.78, 5) is 77.4. The largest absolute Gasteiger partial charge is 0.493 e. The molecule has 12 heterocycles. The number of aliphatic imine (C=N–C) groups is 2. The van der Waals surface area contributed by atoms with Gasteiger partial charge in [0.2, 0.25) is 5.91 Å². The maximum Gasteiger partial charge on any atom is 0.260 e. The minimum Gasteiger partial charge on any atom is -0.493 e. The highest BCUT2D eigenvalue weighted by molar-refractivity contribution is 7.80. The number of carbonyl (C=O) groups is 5. The SMILES string of the molecule is COc1cc2c3cc1OCCOc1cc4c(cc1C)Cc1cc5c(OC)cc1Cc1cc(c(OCC(=O)N[C@@H](CS)C(=O)N(N[C@@H](CCCCN)C(=O)N[C@@H](C=O)CCCN=C(N)N)[C@H](C=O)CCCN=C(N)N)cc1C4)OCCOc1cc(c(cc1OC)Cc1cc(c(OC)cc1C3)OCCO5)C2. The minimum atomic E-state index is -1.41. The van der Waals surface area contributed by atoms with E-state index >= 15 is 4.79 Å². The van der Waals surface area contributed by atoms with E-state index in [1.807, 2.05) is 61.5 Å². The van der Waals surface area contributed by atoms with Crippen LogP contribution in [0.4, 0.5) is 0 Å². The molecule has 18 bridgehead atoms. The maximum absolute atomic E-state index is 15.1. The molecule has 0 fully saturated rings. The number of aldehydes is 2. The minimum absolute atomic E-state index is 0.0142. The van der Waals surface area contributed by atoms with E-state index in [2.05, 4.69) is 56.9 Å². The summed E-state index contributed by atoms with van der Waals surface area (Å²) >= 11 is 4.55. The van der Waals surface area contributed by atoms with Crippen LogP contribution in [0.25, 0.3) is 0 Å². The lowest BCUT2D eigenvalue weighted by molar-refractivity contribution is -0.146. The van der Waals surface area contributed by atoms with Crippen molar-refractivity contribution < 1.29 is 76.1 Å². The van der Waals surface area contributed by atoms with Gasteiger partial charge in [0.05, 0.1) is 34.5 Å². The van der Waals surface area contributed by atoms with Gasteiger partial charge in [0.15, 0.2) is 76.0 Å². The molecule has 13 N–H and O–H groups in total. The highest BCUT2D eigenvalue weighted by atomic mass is 32.1. The first-order valence-electron chi connectivity index (χ1n) is 34.9. The molecular weight excluding hydrogens is 1350 g/mol. The number of rotatable bonds is 29. The van der Waals surface area contributed by atoms with Crippen LogP contribution >= 0.6 is 12.6 Å². The zero-order valence-corrected chi connectivity index (χ0v) is 60.5. The number of ether oxygens (including phenoxy) is 11. The third kappa shape index (κ3) is 19.5. The molecular formula is C76H95N11O16S. The lowest BCUT2D eigenvalue weighted by Crippen LogP contribution is -2.63. The number of nitrogens with zero attached hydrogens (tertiary/aromatic N) is 3. The number of hydrogen-bond acceptors (Lipinski definition) is 21. The van der Waals surface area contributed by atoms with Gasteiger partial charge in [0, 0.05) is 18.8 Å². The van der Waals surface area contributed by atoms with Gasteiger partial charge in [0.1, 0.15) is 76.1 Å². The number of nitrogens with two attached hydrogens (primary N) is 5. The molecule has 12 aliphatic heterocycles. The summed E-state index contributed by atoms with van der Waals surface area (Å²) in [6.07, 6.45) is 5.76. The van der Waals surface area contributed by atoms with E-state index in [9.17, 15) is 19.2 Å². The molecule has 4 atom stereocenters. The molecule has 6 aromatic rings. The number of hydrogen-bond donors (Lipinski definition) is 9. The second-order valence-electron chi connectivity index (χ2n) is 25.8. The number of aryl methyl sites for hydroxylation is 1. The zero-order chi connectivity index (χ0) is 73.8. The summed E-state index contributed by atoms with van der Waals surface area (Å²) in [6, 6.07) is 19.4. The van der Waals surface area contributed by atoms with Crippen molar-refractivity contribution in [3.63, 3.8) is 0 Å². The van der Waals surface area contributed by atoms with Crippen LogP contribution in [0.3, 0.4) is 0 Å². The molecule has 0 saturated carbocycles. The first kappa shape index (κ1) is 76.3. The van der Waals surface area contributed by atoms with Crippen molar-refractivity contribution in [2.24, 2.45) is 38.7 Å². The summed E-state index contributed by atoms with van der Waals surface area (Å²) in [7, 11) is 6.48. The van der Waals surface area contributed by atoms with Crippen LogP contribution in [-0.4, -0.2) is 171 Å². The van der Waals surface area contributed by atoms with E-state index in [1.165, 1.54) is 0 Å². The summed E-state index contributed by atoms with van der Waals surface area (Å²) in [5.74, 6) is 2.65. The van der Waals surface area contributed by atoms with Gasteiger partial charge in [0.25, 0.3) is 11.8 Å². The normalized spacial score (nSPS) is 14.6. The lowest BCUT2D eigenvalue weighted by Gasteiger charge is -2.35. The van der Waals surface area contributed by atoms with Crippen molar-refractivity contribution in [2.75, 3.05) is 100 Å². The van der Waals surface area contributed by atoms with E-state index in [0.29, 0.717) is 129 Å². The van der Waals surface area contributed by atoms with E-state index in [1.54, 1.807) is 28.4 Å². The number of carbonyl (C=O) groups excluding carboxylic acids is 5. The summed E-state index contributed by atoms with van der Waals surface area (Å²) in [5.41, 5.74) is 43.6. The molecule has 2 aliphatic carbocycles. The van der Waals surface area contributed by atoms with Gasteiger partial charge in [-0.25, -0.2) is 5.43 Å². The number of guanidine groups is 2. The number of amides is 3. The van der Waals surface area contributed by atoms with Gasteiger partial charge < -0.3 is 101 Å². The molecule has 27 nitrogen and oxygen atoms in total. The van der Waals surface area contributed by atoms with Crippen molar-refractivity contribution in [3.8, 4) is 63.2 Å². The Balaban J connectivity index is 1.03. The van der Waals surface area contributed by atoms with Crippen molar-refractivity contribution in [1.29, 1.82) is 0 Å². The van der Waals surface area contributed by atoms with E-state index in [4.69, 9.17) is 80.8 Å². The summed E-state index contributed by atoms with van der Waals surface area (Å²) < 4.78 is 70.8. The predicted molar refractivity (Wildman–Crippen MR) is 395 cm³/mol. The van der Waals surface area contributed by atoms with Crippen molar-refractivity contribution in [3.05, 3.63) is 145 Å². The summed E-state index contributed by atoms with van der Waals surface area (Å²) in [5, 5.41) is 6.54. The number of unbranched alkanes of at least 4 members (excludes halogenated alkanes) is 1. The van der Waals surface area contributed by atoms with Crippen LogP contribution in [0.2, 0.25) is 0 Å². The molecule has 0 aromatic heterocycles. The van der Waals surface area contributed by atoms with Crippen LogP contribution in [0.15, 0.2) is 82.8 Å². The average molecular weight is 1450 g/mol. The number of methoxy groups -OCH3 is 4. The third-order valence-electron chi connectivity index (χ3n) is 18.7. The molecule has 0 spiro atoms. The first-order chi connectivity index (χ1) is 50.4. The topological polar surface area (TPSA) is 381 Å². The van der Waals surface area contributed by atoms with Gasteiger partial charge in [-0.1, -0.05) is 12.5 Å². The second-order valence-corrected chi connectivity index (χ2v) is 26.2. The smallest absolute Gasteiger partial charge is 0.260 e. The molecule has 0 radical (unpaired) electrons. The fourth-order valence-electron chi connectivity index (χ4n) is 13.3. The number of benzene rings is 6. The Morgan fingerprint density at radius 1 is 0.490 bits per heavy atom. The summed E-state index contributed by atoms with van der Waals surface area (Å²) in [6.45, 7) is 2.71. The van der Waals surface area contributed by atoms with Gasteiger partial charge in [-0.3, -0.25) is 29.4 Å². The Labute approximate surface area is 610 Å². The Kier molecular flexibility index (Phi) is 26.9. The number of thiol groups is 1. The van der Waals surface area contributed by atoms with Crippen molar-refractivity contribution in [1.82, 2.24) is 21.1 Å². The molecule has 20 rings (SSSR count). The van der Waals surface area contributed by atoms with Crippen molar-refractivity contribution >= 4 is 54.8 Å². The van der Waals surface area contributed by atoms with Crippen molar-refractivity contribution in [2.45, 2.75) is 115 Å². The maximum atomic E-state index is 15.1. The van der Waals surface area contributed by atoms with E-state index in [0.717, 1.165) is 77.3 Å². The second kappa shape index (κ2) is 36.7. The Hall–Kier alpha value is -10.3. The van der Waals surface area contributed by atoms with E-state index in [-0.39, 0.29) is 108 Å². The molecule has 6 aromatic carbocycles. The fraction of sp³-hybridized carbons (Fsp3) is 0.434. The molecule has 0 saturated heterocycles. The van der Waals surface area contributed by atoms with Gasteiger partial charge in [-0.15, -0.1) is 0 Å². The highest BCUT2D eigenvalue weighted by Gasteiger charge is 2.35. The molecule has 28 heteroatoms. The Morgan fingerprint density at radius 3 is 1.25 bits per heavy atom. The predicted octanol–water partition coefficient (Wildman–Crippen LogP) is 5.18. The monoisotopic (exact) mass is 1450 g/mol. The van der Waals surface area contributed by atoms with Crippen LogP contribution < -0.4 is 96.8 Å². The zero-order valence-electron chi connectivity index (χ0n) is 59.6. The van der Waals surface area contributed by atoms with Gasteiger partial charge in [-0.2, -0.15) is 12.6 Å². The molecule has 14 aliphatic rings. The van der Waals surface area contributed by atoms with E-state index < -0.39 is 48.5 Å². The Morgan fingerprint density at radius 2 is 0.865 bits per heavy atom.